The Hall–Kier alpha value is -2.47. The first-order valence-corrected chi connectivity index (χ1v) is 7.64. The second kappa shape index (κ2) is 6.57. The second-order valence-corrected chi connectivity index (χ2v) is 5.88. The first-order valence-electron chi connectivity index (χ1n) is 7.26. The fourth-order valence-corrected chi connectivity index (χ4v) is 2.79. The van der Waals surface area contributed by atoms with Crippen LogP contribution in [0.25, 0.3) is 0 Å². The molecule has 2 aromatic rings. The van der Waals surface area contributed by atoms with E-state index in [1.54, 1.807) is 6.07 Å². The van der Waals surface area contributed by atoms with Gasteiger partial charge in [-0.3, -0.25) is 9.59 Å². The predicted octanol–water partition coefficient (Wildman–Crippen LogP) is 3.61. The van der Waals surface area contributed by atoms with Crippen molar-refractivity contribution in [2.75, 3.05) is 16.8 Å². The Kier molecular flexibility index (Phi) is 4.49. The van der Waals surface area contributed by atoms with Gasteiger partial charge in [-0.1, -0.05) is 23.7 Å². The molecule has 0 bridgehead atoms. The summed E-state index contributed by atoms with van der Waals surface area (Å²) in [6, 6.07) is 9.72. The van der Waals surface area contributed by atoms with Crippen LogP contribution in [0.4, 0.5) is 20.2 Å². The third-order valence-corrected chi connectivity index (χ3v) is 4.12. The van der Waals surface area contributed by atoms with Crippen LogP contribution < -0.4 is 10.2 Å². The maximum atomic E-state index is 13.8. The van der Waals surface area contributed by atoms with Crippen LogP contribution in [0, 0.1) is 17.6 Å². The highest BCUT2D eigenvalue weighted by atomic mass is 35.5. The third-order valence-electron chi connectivity index (χ3n) is 3.83. The van der Waals surface area contributed by atoms with Crippen molar-refractivity contribution in [2.45, 2.75) is 6.42 Å². The standard InChI is InChI=1S/C17H13ClF2N2O2/c18-12-8-11(5-6-13(12)19)21-17(24)10-7-16(23)22(9-10)15-4-2-1-3-14(15)20/h1-6,8,10H,7,9H2,(H,21,24). The molecule has 0 aromatic heterocycles. The number of nitrogens with one attached hydrogen (secondary N) is 1. The van der Waals surface area contributed by atoms with Gasteiger partial charge in [0.2, 0.25) is 11.8 Å². The van der Waals surface area contributed by atoms with E-state index in [1.807, 2.05) is 0 Å². The minimum absolute atomic E-state index is 0.0188. The average molecular weight is 351 g/mol. The van der Waals surface area contributed by atoms with E-state index in [-0.39, 0.29) is 29.6 Å². The van der Waals surface area contributed by atoms with E-state index in [0.29, 0.717) is 5.69 Å². The summed E-state index contributed by atoms with van der Waals surface area (Å²) in [5, 5.41) is 2.49. The van der Waals surface area contributed by atoms with Crippen LogP contribution in [0.3, 0.4) is 0 Å². The Balaban J connectivity index is 1.72. The Morgan fingerprint density at radius 3 is 2.62 bits per heavy atom. The van der Waals surface area contributed by atoms with Crippen molar-refractivity contribution in [2.24, 2.45) is 5.92 Å². The topological polar surface area (TPSA) is 49.4 Å². The van der Waals surface area contributed by atoms with Gasteiger partial charge in [0, 0.05) is 18.7 Å². The molecule has 1 aliphatic rings. The Morgan fingerprint density at radius 1 is 1.17 bits per heavy atom. The number of nitrogens with zero attached hydrogens (tertiary/aromatic N) is 1. The number of amides is 2. The molecule has 2 aromatic carbocycles. The summed E-state index contributed by atoms with van der Waals surface area (Å²) in [5.74, 6) is -2.45. The minimum Gasteiger partial charge on any atom is -0.326 e. The summed E-state index contributed by atoms with van der Waals surface area (Å²) >= 11 is 5.67. The number of benzene rings is 2. The van der Waals surface area contributed by atoms with Crippen molar-refractivity contribution in [3.8, 4) is 0 Å². The van der Waals surface area contributed by atoms with E-state index >= 15 is 0 Å². The molecule has 124 valence electrons. The molecule has 1 aliphatic heterocycles. The summed E-state index contributed by atoms with van der Waals surface area (Å²) in [6.45, 7) is 0.0839. The van der Waals surface area contributed by atoms with Crippen molar-refractivity contribution in [3.63, 3.8) is 0 Å². The quantitative estimate of drug-likeness (QED) is 0.919. The highest BCUT2D eigenvalue weighted by Gasteiger charge is 2.36. The van der Waals surface area contributed by atoms with E-state index in [9.17, 15) is 18.4 Å². The van der Waals surface area contributed by atoms with Gasteiger partial charge in [0.1, 0.15) is 11.6 Å². The van der Waals surface area contributed by atoms with Crippen LogP contribution in [-0.2, 0) is 9.59 Å². The molecule has 0 saturated carbocycles. The number of hydrogen-bond acceptors (Lipinski definition) is 2. The fourth-order valence-electron chi connectivity index (χ4n) is 2.60. The first-order chi connectivity index (χ1) is 11.5. The zero-order valence-corrected chi connectivity index (χ0v) is 13.2. The average Bonchev–Trinajstić information content (AvgIpc) is 2.93. The molecule has 1 atom stereocenters. The molecule has 1 unspecified atom stereocenters. The van der Waals surface area contributed by atoms with Crippen molar-refractivity contribution in [1.82, 2.24) is 0 Å². The molecule has 1 N–H and O–H groups in total. The Morgan fingerprint density at radius 2 is 1.92 bits per heavy atom. The van der Waals surface area contributed by atoms with Gasteiger partial charge in [0.15, 0.2) is 0 Å². The highest BCUT2D eigenvalue weighted by molar-refractivity contribution is 6.31. The molecule has 1 fully saturated rings. The summed E-state index contributed by atoms with van der Waals surface area (Å²) in [6.07, 6.45) is -0.0188. The molecule has 3 rings (SSSR count). The van der Waals surface area contributed by atoms with Gasteiger partial charge in [-0.05, 0) is 30.3 Å². The summed E-state index contributed by atoms with van der Waals surface area (Å²) in [4.78, 5) is 25.7. The normalized spacial score (nSPS) is 17.2. The molecule has 1 saturated heterocycles. The number of anilines is 2. The molecule has 1 heterocycles. The van der Waals surface area contributed by atoms with Gasteiger partial charge >= 0.3 is 0 Å². The molecule has 2 amide bonds. The molecule has 0 spiro atoms. The zero-order chi connectivity index (χ0) is 17.3. The Bertz CT molecular complexity index is 813. The van der Waals surface area contributed by atoms with Crippen molar-refractivity contribution < 1.29 is 18.4 Å². The van der Waals surface area contributed by atoms with Crippen LogP contribution in [0.2, 0.25) is 5.02 Å². The maximum absolute atomic E-state index is 13.8. The van der Waals surface area contributed by atoms with Crippen LogP contribution in [0.1, 0.15) is 6.42 Å². The van der Waals surface area contributed by atoms with Gasteiger partial charge in [0.05, 0.1) is 16.6 Å². The molecular weight excluding hydrogens is 338 g/mol. The van der Waals surface area contributed by atoms with E-state index < -0.39 is 23.5 Å². The van der Waals surface area contributed by atoms with Crippen LogP contribution in [0.5, 0.6) is 0 Å². The van der Waals surface area contributed by atoms with Crippen LogP contribution in [-0.4, -0.2) is 18.4 Å². The van der Waals surface area contributed by atoms with E-state index in [1.165, 1.54) is 35.2 Å². The maximum Gasteiger partial charge on any atom is 0.229 e. The monoisotopic (exact) mass is 350 g/mol. The smallest absolute Gasteiger partial charge is 0.229 e. The number of carbonyl (C=O) groups excluding carboxylic acids is 2. The Labute approximate surface area is 142 Å². The second-order valence-electron chi connectivity index (χ2n) is 5.47. The van der Waals surface area contributed by atoms with Crippen molar-refractivity contribution in [3.05, 3.63) is 59.1 Å². The van der Waals surface area contributed by atoms with Crippen molar-refractivity contribution >= 4 is 34.8 Å². The van der Waals surface area contributed by atoms with E-state index in [0.717, 1.165) is 6.07 Å². The SMILES string of the molecule is O=C(Nc1ccc(F)c(Cl)c1)C1CC(=O)N(c2ccccc2F)C1. The van der Waals surface area contributed by atoms with Gasteiger partial charge in [-0.25, -0.2) is 8.78 Å². The minimum atomic E-state index is -0.624. The predicted molar refractivity (Wildman–Crippen MR) is 86.9 cm³/mol. The summed E-state index contributed by atoms with van der Waals surface area (Å²) in [5.41, 5.74) is 0.491. The molecule has 0 aliphatic carbocycles. The van der Waals surface area contributed by atoms with Gasteiger partial charge in [-0.2, -0.15) is 0 Å². The summed E-state index contributed by atoms with van der Waals surface area (Å²) < 4.78 is 27.0. The lowest BCUT2D eigenvalue weighted by molar-refractivity contribution is -0.122. The first kappa shape index (κ1) is 16.4. The van der Waals surface area contributed by atoms with Crippen LogP contribution >= 0.6 is 11.6 Å². The fraction of sp³-hybridized carbons (Fsp3) is 0.176. The lowest BCUT2D eigenvalue weighted by Crippen LogP contribution is -2.28. The van der Waals surface area contributed by atoms with Gasteiger partial charge in [0.25, 0.3) is 0 Å². The van der Waals surface area contributed by atoms with E-state index in [2.05, 4.69) is 5.32 Å². The molecule has 4 nitrogen and oxygen atoms in total. The molecular formula is C17H13ClF2N2O2. The largest absolute Gasteiger partial charge is 0.326 e. The number of hydrogen-bond donors (Lipinski definition) is 1. The number of para-hydroxylation sites is 1. The molecule has 24 heavy (non-hydrogen) atoms. The lowest BCUT2D eigenvalue weighted by Gasteiger charge is -2.17. The van der Waals surface area contributed by atoms with Gasteiger partial charge in [-0.15, -0.1) is 0 Å². The molecule has 0 radical (unpaired) electrons. The molecule has 7 heteroatoms. The zero-order valence-electron chi connectivity index (χ0n) is 12.4. The summed E-state index contributed by atoms with van der Waals surface area (Å²) in [7, 11) is 0. The van der Waals surface area contributed by atoms with Crippen molar-refractivity contribution in [1.29, 1.82) is 0 Å². The number of carbonyl (C=O) groups is 2. The van der Waals surface area contributed by atoms with Crippen LogP contribution in [0.15, 0.2) is 42.5 Å². The number of halogens is 3. The third kappa shape index (κ3) is 3.23. The van der Waals surface area contributed by atoms with Gasteiger partial charge < -0.3 is 10.2 Å². The lowest BCUT2D eigenvalue weighted by atomic mass is 10.1. The van der Waals surface area contributed by atoms with E-state index in [4.69, 9.17) is 11.6 Å². The number of rotatable bonds is 3. The highest BCUT2D eigenvalue weighted by Crippen LogP contribution is 2.28.